The van der Waals surface area contributed by atoms with Gasteiger partial charge in [-0.15, -0.1) is 0 Å². The van der Waals surface area contributed by atoms with Gasteiger partial charge in [-0.1, -0.05) is 13.8 Å². The number of carbonyl (C=O) groups is 1. The first-order chi connectivity index (χ1) is 9.50. The molecule has 0 aromatic carbocycles. The van der Waals surface area contributed by atoms with Crippen molar-refractivity contribution < 1.29 is 4.79 Å². The van der Waals surface area contributed by atoms with E-state index in [4.69, 9.17) is 0 Å². The van der Waals surface area contributed by atoms with Gasteiger partial charge in [0.1, 0.15) is 30.0 Å². The molecular weight excluding hydrogens is 256 g/mol. The van der Waals surface area contributed by atoms with Gasteiger partial charge in [0.2, 0.25) is 0 Å². The van der Waals surface area contributed by atoms with Crippen LogP contribution in [-0.2, 0) is 4.79 Å². The quantitative estimate of drug-likeness (QED) is 0.809. The highest BCUT2D eigenvalue weighted by atomic mass is 16.2. The Labute approximate surface area is 117 Å². The molecule has 20 heavy (non-hydrogen) atoms. The predicted octanol–water partition coefficient (Wildman–Crippen LogP) is 1.05. The van der Waals surface area contributed by atoms with Gasteiger partial charge in [-0.05, 0) is 6.08 Å². The van der Waals surface area contributed by atoms with Crippen molar-refractivity contribution in [1.82, 2.24) is 19.7 Å². The summed E-state index contributed by atoms with van der Waals surface area (Å²) in [6.45, 7) is 4.09. The lowest BCUT2D eigenvalue weighted by Crippen LogP contribution is -2.23. The smallest absolute Gasteiger partial charge is 0.271 e. The Morgan fingerprint density at radius 3 is 2.80 bits per heavy atom. The summed E-state index contributed by atoms with van der Waals surface area (Å²) >= 11 is 0. The van der Waals surface area contributed by atoms with E-state index in [1.54, 1.807) is 24.9 Å². The van der Waals surface area contributed by atoms with E-state index in [0.29, 0.717) is 18.0 Å². The lowest BCUT2D eigenvalue weighted by atomic mass is 10.2. The van der Waals surface area contributed by atoms with Gasteiger partial charge in [0, 0.05) is 26.4 Å². The van der Waals surface area contributed by atoms with Crippen molar-refractivity contribution in [3.05, 3.63) is 23.9 Å². The van der Waals surface area contributed by atoms with Gasteiger partial charge in [0.15, 0.2) is 0 Å². The van der Waals surface area contributed by atoms with E-state index < -0.39 is 0 Å². The van der Waals surface area contributed by atoms with Crippen molar-refractivity contribution in [1.29, 1.82) is 0 Å². The molecule has 0 saturated carbocycles. The van der Waals surface area contributed by atoms with Gasteiger partial charge in [-0.2, -0.15) is 5.10 Å². The molecule has 0 aliphatic carbocycles. The summed E-state index contributed by atoms with van der Waals surface area (Å²) in [4.78, 5) is 25.9. The summed E-state index contributed by atoms with van der Waals surface area (Å²) in [5.41, 5.74) is 0.389. The Morgan fingerprint density at radius 2 is 2.15 bits per heavy atom. The molecule has 0 fully saturated rings. The van der Waals surface area contributed by atoms with Crippen LogP contribution >= 0.6 is 0 Å². The summed E-state index contributed by atoms with van der Waals surface area (Å²) in [6, 6.07) is 0. The molecule has 1 aliphatic rings. The number of amides is 1. The number of rotatable bonds is 2. The molecule has 7 nitrogen and oxygen atoms in total. The fourth-order valence-corrected chi connectivity index (χ4v) is 1.81. The van der Waals surface area contributed by atoms with Gasteiger partial charge >= 0.3 is 0 Å². The van der Waals surface area contributed by atoms with Crippen LogP contribution in [-0.4, -0.2) is 51.8 Å². The molecule has 0 atom stereocenters. The second-order valence-corrected chi connectivity index (χ2v) is 4.97. The molecule has 0 bridgehead atoms. The van der Waals surface area contributed by atoms with Crippen LogP contribution in [0.5, 0.6) is 0 Å². The fourth-order valence-electron chi connectivity index (χ4n) is 1.81. The zero-order valence-electron chi connectivity index (χ0n) is 12.1. The number of allylic oxidation sites excluding steroid dienone is 1. The molecule has 7 heteroatoms. The molecule has 2 rings (SSSR count). The number of aromatic nitrogens is 3. The van der Waals surface area contributed by atoms with Crippen LogP contribution in [0.3, 0.4) is 0 Å². The maximum Gasteiger partial charge on any atom is 0.271 e. The molecular formula is C13H18N6O. The van der Waals surface area contributed by atoms with Gasteiger partial charge in [-0.25, -0.2) is 19.7 Å². The Balaban J connectivity index is 2.26. The summed E-state index contributed by atoms with van der Waals surface area (Å²) in [5.74, 6) is 1.65. The highest BCUT2D eigenvalue weighted by Crippen LogP contribution is 2.13. The summed E-state index contributed by atoms with van der Waals surface area (Å²) in [7, 11) is 3.39. The first-order valence-electron chi connectivity index (χ1n) is 6.42. The van der Waals surface area contributed by atoms with Gasteiger partial charge in [0.25, 0.3) is 5.91 Å². The Bertz CT molecular complexity index is 594. The summed E-state index contributed by atoms with van der Waals surface area (Å²) in [5, 5.41) is 4.20. The molecule has 0 N–H and O–H groups in total. The van der Waals surface area contributed by atoms with Crippen LogP contribution in [0, 0.1) is 0 Å². The average Bonchev–Trinajstić information content (AvgIpc) is 2.76. The molecule has 0 unspecified atom stereocenters. The number of aliphatic imine (C=N–C) groups is 2. The van der Waals surface area contributed by atoms with Gasteiger partial charge < -0.3 is 4.90 Å². The van der Waals surface area contributed by atoms with E-state index >= 15 is 0 Å². The highest BCUT2D eigenvalue weighted by Gasteiger charge is 2.16. The summed E-state index contributed by atoms with van der Waals surface area (Å²) in [6.07, 6.45) is 5.14. The second-order valence-electron chi connectivity index (χ2n) is 4.97. The van der Waals surface area contributed by atoms with Crippen LogP contribution in [0.2, 0.25) is 0 Å². The van der Waals surface area contributed by atoms with Gasteiger partial charge in [-0.3, -0.25) is 4.79 Å². The highest BCUT2D eigenvalue weighted by molar-refractivity contribution is 5.99. The van der Waals surface area contributed by atoms with Crippen molar-refractivity contribution in [3.63, 3.8) is 0 Å². The van der Waals surface area contributed by atoms with Crippen molar-refractivity contribution in [3.8, 4) is 0 Å². The Kier molecular flexibility index (Phi) is 4.07. The van der Waals surface area contributed by atoms with Crippen molar-refractivity contribution in [2.45, 2.75) is 26.2 Å². The van der Waals surface area contributed by atoms with E-state index in [0.717, 1.165) is 5.82 Å². The van der Waals surface area contributed by atoms with E-state index in [1.165, 1.54) is 17.6 Å². The van der Waals surface area contributed by atoms with Crippen LogP contribution in [0.1, 0.15) is 32.0 Å². The number of likely N-dealkylation sites (N-methyl/N-ethyl adjacent to an activating group) is 1. The minimum Gasteiger partial charge on any atom is -0.343 e. The minimum absolute atomic E-state index is 0.139. The lowest BCUT2D eigenvalue weighted by Gasteiger charge is -2.10. The Morgan fingerprint density at radius 1 is 1.40 bits per heavy atom. The van der Waals surface area contributed by atoms with E-state index in [1.807, 2.05) is 13.8 Å². The van der Waals surface area contributed by atoms with E-state index in [-0.39, 0.29) is 11.8 Å². The third-order valence-electron chi connectivity index (χ3n) is 2.84. The van der Waals surface area contributed by atoms with Gasteiger partial charge in [0.05, 0.1) is 0 Å². The molecule has 1 aliphatic heterocycles. The topological polar surface area (TPSA) is 75.7 Å². The molecule has 2 heterocycles. The third-order valence-corrected chi connectivity index (χ3v) is 2.84. The number of carbonyl (C=O) groups excluding carboxylic acids is 1. The first-order valence-corrected chi connectivity index (χ1v) is 6.42. The van der Waals surface area contributed by atoms with Crippen molar-refractivity contribution in [2.24, 2.45) is 9.98 Å². The van der Waals surface area contributed by atoms with E-state index in [2.05, 4.69) is 20.1 Å². The number of hydrogen-bond donors (Lipinski definition) is 0. The Hall–Kier alpha value is -2.31. The minimum atomic E-state index is -0.139. The first kappa shape index (κ1) is 14.1. The maximum atomic E-state index is 11.9. The monoisotopic (exact) mass is 274 g/mol. The fraction of sp³-hybridized carbons (Fsp3) is 0.462. The summed E-state index contributed by atoms with van der Waals surface area (Å²) < 4.78 is 1.70. The van der Waals surface area contributed by atoms with Crippen LogP contribution < -0.4 is 0 Å². The molecule has 106 valence electrons. The molecule has 0 radical (unpaired) electrons. The number of nitrogens with zero attached hydrogens (tertiary/aromatic N) is 6. The second kappa shape index (κ2) is 5.77. The molecule has 0 saturated heterocycles. The van der Waals surface area contributed by atoms with Crippen LogP contribution in [0.25, 0.3) is 0 Å². The molecule has 1 aromatic rings. The van der Waals surface area contributed by atoms with Crippen LogP contribution in [0.15, 0.2) is 28.1 Å². The predicted molar refractivity (Wildman–Crippen MR) is 76.8 cm³/mol. The zero-order chi connectivity index (χ0) is 14.7. The van der Waals surface area contributed by atoms with Crippen molar-refractivity contribution >= 4 is 18.1 Å². The number of hydrogen-bond acceptors (Lipinski definition) is 5. The van der Waals surface area contributed by atoms with Crippen LogP contribution in [0.4, 0.5) is 0 Å². The average molecular weight is 274 g/mol. The SMILES string of the molecule is CC(C)c1ncnn1C1=NC=NC(C(=O)N(C)C)=CC1. The normalized spacial score (nSPS) is 14.8. The zero-order valence-corrected chi connectivity index (χ0v) is 12.1. The molecule has 1 aromatic heterocycles. The molecule has 1 amide bonds. The standard InChI is InChI=1S/C13H18N6O/c1-9(2)12-16-8-17-19(12)11-6-5-10(14-7-15-11)13(20)18(3)4/h5,7-9H,6H2,1-4H3. The van der Waals surface area contributed by atoms with Crippen molar-refractivity contribution in [2.75, 3.05) is 14.1 Å². The van der Waals surface area contributed by atoms with E-state index in [9.17, 15) is 4.79 Å². The largest absolute Gasteiger partial charge is 0.343 e. The third kappa shape index (κ3) is 2.81. The maximum absolute atomic E-state index is 11.9. The lowest BCUT2D eigenvalue weighted by molar-refractivity contribution is -0.124. The molecule has 0 spiro atoms.